The first-order chi connectivity index (χ1) is 11.2. The number of hydrogen-bond acceptors (Lipinski definition) is 4. The van der Waals surface area contributed by atoms with E-state index in [-0.39, 0.29) is 12.1 Å². The molecule has 1 heterocycles. The number of ether oxygens (including phenoxy) is 1. The summed E-state index contributed by atoms with van der Waals surface area (Å²) < 4.78 is 10.6. The molecule has 1 amide bonds. The minimum absolute atomic E-state index is 0.00814. The Balaban J connectivity index is 2.13. The third-order valence-corrected chi connectivity index (χ3v) is 2.94. The van der Waals surface area contributed by atoms with E-state index in [1.807, 2.05) is 18.2 Å². The second-order valence-electron chi connectivity index (χ2n) is 4.57. The summed E-state index contributed by atoms with van der Waals surface area (Å²) in [5, 5.41) is 11.9. The number of furan rings is 1. The molecule has 5 heteroatoms. The van der Waals surface area contributed by atoms with Gasteiger partial charge in [-0.3, -0.25) is 4.79 Å². The minimum Gasteiger partial charge on any atom is -0.489 e. The third-order valence-electron chi connectivity index (χ3n) is 2.94. The van der Waals surface area contributed by atoms with Crippen LogP contribution in [0.5, 0.6) is 5.75 Å². The molecule has 0 aliphatic rings. The summed E-state index contributed by atoms with van der Waals surface area (Å²) in [6.07, 6.45) is 4.65. The fourth-order valence-corrected chi connectivity index (χ4v) is 1.86. The molecule has 0 fully saturated rings. The average Bonchev–Trinajstić information content (AvgIpc) is 3.10. The Kier molecular flexibility index (Phi) is 5.78. The first-order valence-corrected chi connectivity index (χ1v) is 6.99. The lowest BCUT2D eigenvalue weighted by Crippen LogP contribution is -2.23. The van der Waals surface area contributed by atoms with Gasteiger partial charge < -0.3 is 14.5 Å². The van der Waals surface area contributed by atoms with E-state index < -0.39 is 5.91 Å². The lowest BCUT2D eigenvalue weighted by atomic mass is 10.1. The zero-order valence-corrected chi connectivity index (χ0v) is 12.5. The molecule has 0 aliphatic carbocycles. The van der Waals surface area contributed by atoms with Gasteiger partial charge in [0.25, 0.3) is 5.91 Å². The van der Waals surface area contributed by atoms with Crippen molar-refractivity contribution < 1.29 is 13.9 Å². The second kappa shape index (κ2) is 8.25. The van der Waals surface area contributed by atoms with Crippen molar-refractivity contribution in [1.29, 1.82) is 5.26 Å². The van der Waals surface area contributed by atoms with Crippen LogP contribution in [0.25, 0.3) is 6.08 Å². The van der Waals surface area contributed by atoms with E-state index in [1.54, 1.807) is 30.3 Å². The van der Waals surface area contributed by atoms with Gasteiger partial charge in [0.1, 0.15) is 29.8 Å². The van der Waals surface area contributed by atoms with Crippen molar-refractivity contribution in [3.05, 3.63) is 72.2 Å². The number of benzene rings is 1. The topological polar surface area (TPSA) is 75.3 Å². The highest BCUT2D eigenvalue weighted by Gasteiger charge is 2.11. The SMILES string of the molecule is C=CCOc1ccccc1C=C(C#N)C(=O)NCc1ccco1. The highest BCUT2D eigenvalue weighted by Crippen LogP contribution is 2.21. The predicted molar refractivity (Wildman–Crippen MR) is 86.3 cm³/mol. The Morgan fingerprint density at radius 2 is 2.17 bits per heavy atom. The van der Waals surface area contributed by atoms with Crippen LogP contribution in [0.4, 0.5) is 0 Å². The molecular weight excluding hydrogens is 292 g/mol. The monoisotopic (exact) mass is 308 g/mol. The van der Waals surface area contributed by atoms with Gasteiger partial charge in [-0.15, -0.1) is 0 Å². The van der Waals surface area contributed by atoms with E-state index in [0.717, 1.165) is 0 Å². The molecule has 1 aromatic carbocycles. The Morgan fingerprint density at radius 3 is 2.87 bits per heavy atom. The van der Waals surface area contributed by atoms with E-state index in [9.17, 15) is 10.1 Å². The van der Waals surface area contributed by atoms with Crippen LogP contribution < -0.4 is 10.1 Å². The van der Waals surface area contributed by atoms with Crippen LogP contribution >= 0.6 is 0 Å². The lowest BCUT2D eigenvalue weighted by Gasteiger charge is -2.07. The summed E-state index contributed by atoms with van der Waals surface area (Å²) in [5.41, 5.74) is 0.644. The molecule has 2 rings (SSSR count). The maximum absolute atomic E-state index is 12.1. The van der Waals surface area contributed by atoms with Gasteiger partial charge in [0, 0.05) is 5.56 Å². The lowest BCUT2D eigenvalue weighted by molar-refractivity contribution is -0.117. The molecule has 0 atom stereocenters. The number of nitrogens with zero attached hydrogens (tertiary/aromatic N) is 1. The molecule has 0 saturated heterocycles. The van der Waals surface area contributed by atoms with Crippen LogP contribution in [0.1, 0.15) is 11.3 Å². The summed E-state index contributed by atoms with van der Waals surface area (Å²) in [7, 11) is 0. The molecule has 0 spiro atoms. The summed E-state index contributed by atoms with van der Waals surface area (Å²) in [6, 6.07) is 12.6. The maximum atomic E-state index is 12.1. The molecule has 1 N–H and O–H groups in total. The van der Waals surface area contributed by atoms with Crippen molar-refractivity contribution in [2.45, 2.75) is 6.54 Å². The molecule has 23 heavy (non-hydrogen) atoms. The molecule has 5 nitrogen and oxygen atoms in total. The number of nitrogens with one attached hydrogen (secondary N) is 1. The van der Waals surface area contributed by atoms with E-state index in [2.05, 4.69) is 11.9 Å². The van der Waals surface area contributed by atoms with Crippen LogP contribution in [-0.4, -0.2) is 12.5 Å². The zero-order chi connectivity index (χ0) is 16.5. The number of para-hydroxylation sites is 1. The number of carbonyl (C=O) groups excluding carboxylic acids is 1. The standard InChI is InChI=1S/C18H16N2O3/c1-2-9-23-17-8-4-3-6-14(17)11-15(12-19)18(21)20-13-16-7-5-10-22-16/h2-8,10-11H,1,9,13H2,(H,20,21). The van der Waals surface area contributed by atoms with Gasteiger partial charge in [0.2, 0.25) is 0 Å². The summed E-state index contributed by atoms with van der Waals surface area (Å²) in [4.78, 5) is 12.1. The van der Waals surface area contributed by atoms with Crippen LogP contribution in [0.3, 0.4) is 0 Å². The molecule has 0 saturated carbocycles. The van der Waals surface area contributed by atoms with Crippen molar-refractivity contribution in [3.8, 4) is 11.8 Å². The van der Waals surface area contributed by atoms with E-state index in [0.29, 0.717) is 23.7 Å². The minimum atomic E-state index is -0.470. The Labute approximate surface area is 134 Å². The average molecular weight is 308 g/mol. The normalized spacial score (nSPS) is 10.7. The smallest absolute Gasteiger partial charge is 0.262 e. The number of nitriles is 1. The molecule has 0 aliphatic heterocycles. The highest BCUT2D eigenvalue weighted by molar-refractivity contribution is 6.01. The highest BCUT2D eigenvalue weighted by atomic mass is 16.5. The van der Waals surface area contributed by atoms with Crippen molar-refractivity contribution in [2.24, 2.45) is 0 Å². The van der Waals surface area contributed by atoms with Gasteiger partial charge in [0.15, 0.2) is 0 Å². The molecule has 0 unspecified atom stereocenters. The summed E-state index contributed by atoms with van der Waals surface area (Å²) in [5.74, 6) is 0.728. The van der Waals surface area contributed by atoms with Crippen molar-refractivity contribution in [3.63, 3.8) is 0 Å². The molecule has 116 valence electrons. The van der Waals surface area contributed by atoms with E-state index in [1.165, 1.54) is 12.3 Å². The number of amides is 1. The van der Waals surface area contributed by atoms with Gasteiger partial charge in [-0.05, 0) is 24.3 Å². The first-order valence-electron chi connectivity index (χ1n) is 6.99. The fraction of sp³-hybridized carbons (Fsp3) is 0.111. The molecule has 0 bridgehead atoms. The molecule has 2 aromatic rings. The summed E-state index contributed by atoms with van der Waals surface area (Å²) >= 11 is 0. The predicted octanol–water partition coefficient (Wildman–Crippen LogP) is 3.07. The Hall–Kier alpha value is -3.26. The zero-order valence-electron chi connectivity index (χ0n) is 12.5. The molecule has 0 radical (unpaired) electrons. The van der Waals surface area contributed by atoms with Crippen molar-refractivity contribution in [1.82, 2.24) is 5.32 Å². The van der Waals surface area contributed by atoms with Gasteiger partial charge in [-0.2, -0.15) is 5.26 Å². The maximum Gasteiger partial charge on any atom is 0.262 e. The first kappa shape index (κ1) is 16.1. The van der Waals surface area contributed by atoms with E-state index in [4.69, 9.17) is 9.15 Å². The van der Waals surface area contributed by atoms with Gasteiger partial charge >= 0.3 is 0 Å². The number of carbonyl (C=O) groups is 1. The Morgan fingerprint density at radius 1 is 1.35 bits per heavy atom. The van der Waals surface area contributed by atoms with E-state index >= 15 is 0 Å². The summed E-state index contributed by atoms with van der Waals surface area (Å²) in [6.45, 7) is 4.16. The molecule has 1 aromatic heterocycles. The Bertz CT molecular complexity index is 740. The number of hydrogen-bond donors (Lipinski definition) is 1. The third kappa shape index (κ3) is 4.61. The van der Waals surface area contributed by atoms with Crippen molar-refractivity contribution in [2.75, 3.05) is 6.61 Å². The van der Waals surface area contributed by atoms with Crippen LogP contribution in [-0.2, 0) is 11.3 Å². The quantitative estimate of drug-likeness (QED) is 0.484. The number of rotatable bonds is 7. The van der Waals surface area contributed by atoms with Gasteiger partial charge in [-0.1, -0.05) is 30.9 Å². The van der Waals surface area contributed by atoms with Crippen LogP contribution in [0, 0.1) is 11.3 Å². The second-order valence-corrected chi connectivity index (χ2v) is 4.57. The fourth-order valence-electron chi connectivity index (χ4n) is 1.86. The largest absolute Gasteiger partial charge is 0.489 e. The molecular formula is C18H16N2O3. The van der Waals surface area contributed by atoms with Crippen molar-refractivity contribution >= 4 is 12.0 Å². The van der Waals surface area contributed by atoms with Crippen LogP contribution in [0.15, 0.2) is 65.3 Å². The van der Waals surface area contributed by atoms with Crippen LogP contribution in [0.2, 0.25) is 0 Å². The van der Waals surface area contributed by atoms with Gasteiger partial charge in [-0.25, -0.2) is 0 Å². The van der Waals surface area contributed by atoms with Gasteiger partial charge in [0.05, 0.1) is 12.8 Å².